The second kappa shape index (κ2) is 18.0. The van der Waals surface area contributed by atoms with Crippen LogP contribution in [-0.2, 0) is 30.9 Å². The van der Waals surface area contributed by atoms with Crippen molar-refractivity contribution in [1.82, 2.24) is 19.5 Å². The molecule has 10 rings (SSSR count). The summed E-state index contributed by atoms with van der Waals surface area (Å²) in [7, 11) is -1.63. The molecule has 4 heterocycles. The van der Waals surface area contributed by atoms with E-state index in [-0.39, 0.29) is 30.9 Å². The number of hydrogen-bond donors (Lipinski definition) is 0. The summed E-state index contributed by atoms with van der Waals surface area (Å²) in [5.74, 6) is 0.788. The van der Waals surface area contributed by atoms with Crippen molar-refractivity contribution in [2.75, 3.05) is 0 Å². The molecule has 5 nitrogen and oxygen atoms in total. The normalized spacial score (nSPS) is 12.8. The summed E-state index contributed by atoms with van der Waals surface area (Å²) in [6.07, 6.45) is 5.84. The summed E-state index contributed by atoms with van der Waals surface area (Å²) in [6, 6.07) is 55.6. The molecule has 0 aliphatic rings. The molecule has 0 fully saturated rings. The summed E-state index contributed by atoms with van der Waals surface area (Å²) in [5, 5.41) is 3.49. The number of hydrogen-bond acceptors (Lipinski definition) is 4. The molecule has 0 aliphatic heterocycles. The first-order valence-corrected chi connectivity index (χ1v) is 25.3. The smallest absolute Gasteiger partial charge is 0.120 e. The van der Waals surface area contributed by atoms with Gasteiger partial charge in [-0.1, -0.05) is 169 Å². The SMILES string of the molecule is CC(C)(C)c1cncc2nc(-c3[c-]ccc4c3oc3ccccc34)n(-c3ccc(-c4ccccc4)cc3)c12.[2H]C([2H])([2H])c1c[c-]c(-c2cc(C(C)(C)c3ccccc3)c([Si](C)(C)C)cn2)cc1.[Ir]. The number of para-hydroxylation sites is 1. The third kappa shape index (κ3) is 8.94. The molecule has 0 spiro atoms. The zero-order chi connectivity index (χ0) is 47.3. The van der Waals surface area contributed by atoms with Gasteiger partial charge in [0.15, 0.2) is 0 Å². The fourth-order valence-corrected chi connectivity index (χ4v) is 10.2. The first-order valence-electron chi connectivity index (χ1n) is 23.3. The molecular formula is C58H54IrN4OSi-2. The van der Waals surface area contributed by atoms with Gasteiger partial charge in [0.25, 0.3) is 0 Å². The Hall–Kier alpha value is -6.24. The van der Waals surface area contributed by atoms with Crippen LogP contribution in [0.2, 0.25) is 19.6 Å². The zero-order valence-electron chi connectivity index (χ0n) is 41.1. The van der Waals surface area contributed by atoms with E-state index >= 15 is 0 Å². The van der Waals surface area contributed by atoms with Crippen LogP contribution in [-0.4, -0.2) is 27.6 Å². The Kier molecular flexibility index (Phi) is 11.5. The summed E-state index contributed by atoms with van der Waals surface area (Å²) in [5.41, 5.74) is 13.1. The van der Waals surface area contributed by atoms with Crippen LogP contribution >= 0.6 is 0 Å². The Morgan fingerprint density at radius 1 is 0.692 bits per heavy atom. The van der Waals surface area contributed by atoms with Crippen LogP contribution < -0.4 is 5.19 Å². The van der Waals surface area contributed by atoms with Crippen molar-refractivity contribution in [3.05, 3.63) is 199 Å². The Bertz CT molecular complexity index is 3370. The Labute approximate surface area is 402 Å². The van der Waals surface area contributed by atoms with Gasteiger partial charge in [-0.05, 0) is 56.7 Å². The van der Waals surface area contributed by atoms with Gasteiger partial charge < -0.3 is 14.0 Å². The summed E-state index contributed by atoms with van der Waals surface area (Å²) in [6.45, 7) is 16.0. The summed E-state index contributed by atoms with van der Waals surface area (Å²) in [4.78, 5) is 14.4. The molecule has 0 saturated heterocycles. The van der Waals surface area contributed by atoms with E-state index in [0.717, 1.165) is 66.9 Å². The molecule has 6 aromatic carbocycles. The van der Waals surface area contributed by atoms with Gasteiger partial charge in [-0.2, -0.15) is 0 Å². The number of rotatable bonds is 7. The molecule has 0 saturated carbocycles. The topological polar surface area (TPSA) is 56.7 Å². The average molecular weight is 1050 g/mol. The van der Waals surface area contributed by atoms with Gasteiger partial charge in [-0.15, -0.1) is 53.6 Å². The van der Waals surface area contributed by atoms with Crippen molar-refractivity contribution in [2.24, 2.45) is 0 Å². The minimum Gasteiger partial charge on any atom is -0.501 e. The van der Waals surface area contributed by atoms with E-state index in [0.29, 0.717) is 5.56 Å². The van der Waals surface area contributed by atoms with Gasteiger partial charge in [0.1, 0.15) is 5.58 Å². The van der Waals surface area contributed by atoms with Gasteiger partial charge in [0.05, 0.1) is 36.7 Å². The predicted octanol–water partition coefficient (Wildman–Crippen LogP) is 14.5. The van der Waals surface area contributed by atoms with E-state index in [1.165, 1.54) is 27.4 Å². The number of pyridine rings is 2. The molecule has 0 bridgehead atoms. The van der Waals surface area contributed by atoms with Crippen molar-refractivity contribution in [3.8, 4) is 39.5 Å². The monoisotopic (exact) mass is 1050 g/mol. The zero-order valence-corrected chi connectivity index (χ0v) is 41.5. The van der Waals surface area contributed by atoms with E-state index in [2.05, 4.69) is 167 Å². The molecule has 4 aromatic heterocycles. The van der Waals surface area contributed by atoms with Crippen LogP contribution in [0.15, 0.2) is 169 Å². The van der Waals surface area contributed by atoms with Gasteiger partial charge >= 0.3 is 0 Å². The minimum absolute atomic E-state index is 0. The number of imidazole rings is 1. The van der Waals surface area contributed by atoms with Crippen molar-refractivity contribution in [1.29, 1.82) is 0 Å². The molecule has 0 amide bonds. The van der Waals surface area contributed by atoms with Crippen LogP contribution in [0, 0.1) is 19.0 Å². The molecule has 1 radical (unpaired) electrons. The van der Waals surface area contributed by atoms with E-state index in [1.807, 2.05) is 55.0 Å². The van der Waals surface area contributed by atoms with Gasteiger partial charge in [-0.25, -0.2) is 0 Å². The van der Waals surface area contributed by atoms with Crippen LogP contribution in [0.5, 0.6) is 0 Å². The molecule has 65 heavy (non-hydrogen) atoms. The van der Waals surface area contributed by atoms with Gasteiger partial charge in [-0.3, -0.25) is 9.97 Å². The van der Waals surface area contributed by atoms with Crippen LogP contribution in [0.4, 0.5) is 0 Å². The average Bonchev–Trinajstić information content (AvgIpc) is 3.91. The molecule has 0 unspecified atom stereocenters. The van der Waals surface area contributed by atoms with Crippen LogP contribution in [0.25, 0.3) is 72.4 Å². The Morgan fingerprint density at radius 2 is 1.38 bits per heavy atom. The number of nitrogens with zero attached hydrogens (tertiary/aromatic N) is 4. The quantitative estimate of drug-likeness (QED) is 0.118. The van der Waals surface area contributed by atoms with Crippen molar-refractivity contribution >= 4 is 46.2 Å². The van der Waals surface area contributed by atoms with Gasteiger partial charge in [0.2, 0.25) is 0 Å². The van der Waals surface area contributed by atoms with Crippen molar-refractivity contribution in [2.45, 2.75) is 71.9 Å². The van der Waals surface area contributed by atoms with Crippen molar-refractivity contribution < 1.29 is 28.6 Å². The maximum atomic E-state index is 7.56. The number of benzene rings is 6. The van der Waals surface area contributed by atoms with Crippen LogP contribution in [0.3, 0.4) is 0 Å². The third-order valence-electron chi connectivity index (χ3n) is 12.1. The number of furan rings is 1. The maximum absolute atomic E-state index is 7.56. The molecule has 327 valence electrons. The first-order chi connectivity index (χ1) is 31.9. The molecule has 0 atom stereocenters. The fraction of sp³-hybridized carbons (Fsp3) is 0.190. The maximum Gasteiger partial charge on any atom is 0.120 e. The number of aromatic nitrogens is 4. The van der Waals surface area contributed by atoms with Gasteiger partial charge in [0, 0.05) is 58.7 Å². The predicted molar refractivity (Wildman–Crippen MR) is 269 cm³/mol. The van der Waals surface area contributed by atoms with Crippen molar-refractivity contribution in [3.63, 3.8) is 0 Å². The Balaban J connectivity index is 0.000000188. The largest absolute Gasteiger partial charge is 0.501 e. The van der Waals surface area contributed by atoms with E-state index in [9.17, 15) is 0 Å². The summed E-state index contributed by atoms with van der Waals surface area (Å²) < 4.78 is 31.3. The molecule has 0 aliphatic carbocycles. The molecular weight excluding hydrogens is 989 g/mol. The molecule has 7 heteroatoms. The fourth-order valence-electron chi connectivity index (χ4n) is 8.60. The minimum atomic E-state index is -2.12. The number of fused-ring (bicyclic) bond motifs is 4. The van der Waals surface area contributed by atoms with Crippen LogP contribution in [0.1, 0.15) is 61.0 Å². The van der Waals surface area contributed by atoms with E-state index in [1.54, 1.807) is 18.2 Å². The van der Waals surface area contributed by atoms with E-state index < -0.39 is 14.9 Å². The number of aryl methyl sites for hydroxylation is 1. The Morgan fingerprint density at radius 3 is 2.06 bits per heavy atom. The second-order valence-electron chi connectivity index (χ2n) is 19.0. The summed E-state index contributed by atoms with van der Waals surface area (Å²) >= 11 is 0. The molecule has 10 aromatic rings. The second-order valence-corrected chi connectivity index (χ2v) is 24.1. The standard InChI is InChI=1S/C34H26N3O.C24H28NSi.Ir/c1-34(2,3)28-20-35-21-29-31(28)37(24-18-16-23(17-19-24)22-10-5-4-6-11-22)33(36-29)27-14-9-13-26-25-12-7-8-15-30(25)38-32(26)27;1-18-12-14-19(15-13-18)22-16-21(23(17-25-22)26(4,5)6)24(2,3)20-10-8-7-9-11-20;/h4-13,15-21H,1-3H3;7-14,16-17H,1-6H3;/q2*-1;/i;1D3;. The third-order valence-corrected chi connectivity index (χ3v) is 14.1. The van der Waals surface area contributed by atoms with E-state index in [4.69, 9.17) is 18.5 Å². The molecule has 0 N–H and O–H groups in total. The first kappa shape index (κ1) is 41.5.